The van der Waals surface area contributed by atoms with Crippen molar-refractivity contribution in [2.24, 2.45) is 0 Å². The van der Waals surface area contributed by atoms with Gasteiger partial charge in [-0.1, -0.05) is 24.3 Å². The minimum atomic E-state index is -0.211. The van der Waals surface area contributed by atoms with Crippen molar-refractivity contribution in [3.8, 4) is 5.75 Å². The van der Waals surface area contributed by atoms with Crippen LogP contribution in [0.15, 0.2) is 71.3 Å². The molecule has 2 N–H and O–H groups in total. The second kappa shape index (κ2) is 8.71. The van der Waals surface area contributed by atoms with Crippen LogP contribution in [0.25, 0.3) is 0 Å². The zero-order valence-corrected chi connectivity index (χ0v) is 14.9. The van der Waals surface area contributed by atoms with Crippen LogP contribution in [0.3, 0.4) is 0 Å². The van der Waals surface area contributed by atoms with Gasteiger partial charge in [0.1, 0.15) is 18.1 Å². The lowest BCUT2D eigenvalue weighted by molar-refractivity contribution is 0.0944. The van der Waals surface area contributed by atoms with E-state index in [4.69, 9.17) is 9.15 Å². The lowest BCUT2D eigenvalue weighted by atomic mass is 10.1. The molecule has 6 heteroatoms. The minimum absolute atomic E-state index is 0.195. The van der Waals surface area contributed by atoms with E-state index in [0.29, 0.717) is 29.2 Å². The summed E-state index contributed by atoms with van der Waals surface area (Å²) in [5, 5.41) is 5.40. The monoisotopic (exact) mass is 364 g/mol. The number of furan rings is 1. The predicted octanol–water partition coefficient (Wildman–Crippen LogP) is 3.15. The molecule has 0 atom stereocenters. The Bertz CT molecular complexity index is 919. The fraction of sp³-hybridized carbons (Fsp3) is 0.143. The number of rotatable bonds is 7. The van der Waals surface area contributed by atoms with E-state index in [-0.39, 0.29) is 18.4 Å². The van der Waals surface area contributed by atoms with Crippen LogP contribution in [0, 0.1) is 0 Å². The number of nitrogens with one attached hydrogen (secondary N) is 2. The van der Waals surface area contributed by atoms with Gasteiger partial charge in [-0.3, -0.25) is 9.59 Å². The lowest BCUT2D eigenvalue weighted by Crippen LogP contribution is -2.22. The first kappa shape index (κ1) is 18.3. The topological polar surface area (TPSA) is 80.6 Å². The summed E-state index contributed by atoms with van der Waals surface area (Å²) in [4.78, 5) is 24.2. The summed E-state index contributed by atoms with van der Waals surface area (Å²) >= 11 is 0. The predicted molar refractivity (Wildman–Crippen MR) is 100 cm³/mol. The molecule has 2 aromatic carbocycles. The first-order chi connectivity index (χ1) is 13.2. The Kier molecular flexibility index (Phi) is 5.89. The van der Waals surface area contributed by atoms with Gasteiger partial charge in [0.15, 0.2) is 0 Å². The van der Waals surface area contributed by atoms with Gasteiger partial charge in [-0.05, 0) is 42.0 Å². The number of para-hydroxylation sites is 1. The molecule has 0 saturated carbocycles. The molecule has 0 fully saturated rings. The molecule has 0 spiro atoms. The number of hydrogen-bond acceptors (Lipinski definition) is 4. The van der Waals surface area contributed by atoms with Crippen LogP contribution in [0.5, 0.6) is 5.75 Å². The molecule has 0 bridgehead atoms. The Labute approximate surface area is 157 Å². The van der Waals surface area contributed by atoms with E-state index >= 15 is 0 Å². The molecule has 2 amide bonds. The Morgan fingerprint density at radius 3 is 2.63 bits per heavy atom. The maximum Gasteiger partial charge on any atom is 0.254 e. The molecule has 27 heavy (non-hydrogen) atoms. The van der Waals surface area contributed by atoms with Crippen LogP contribution in [-0.4, -0.2) is 18.9 Å². The number of benzene rings is 2. The van der Waals surface area contributed by atoms with Crippen molar-refractivity contribution in [2.75, 3.05) is 7.05 Å². The number of carbonyl (C=O) groups is 2. The molecule has 0 aliphatic rings. The van der Waals surface area contributed by atoms with Crippen LogP contribution >= 0.6 is 0 Å². The van der Waals surface area contributed by atoms with Gasteiger partial charge in [0.25, 0.3) is 11.8 Å². The molecule has 0 aliphatic heterocycles. The summed E-state index contributed by atoms with van der Waals surface area (Å²) in [6.07, 6.45) is 1.57. The molecule has 6 nitrogen and oxygen atoms in total. The summed E-state index contributed by atoms with van der Waals surface area (Å²) in [7, 11) is 1.57. The number of amides is 2. The summed E-state index contributed by atoms with van der Waals surface area (Å²) < 4.78 is 11.0. The highest BCUT2D eigenvalue weighted by atomic mass is 16.5. The molecule has 1 aromatic heterocycles. The fourth-order valence-electron chi connectivity index (χ4n) is 2.56. The standard InChI is InChI=1S/C21H20N2O4/c1-22-21(25)18-9-2-3-10-19(18)27-14-15-6-4-7-16(12-15)20(24)23-13-17-8-5-11-26-17/h2-12H,13-14H2,1H3,(H,22,25)(H,23,24). The van der Waals surface area contributed by atoms with Gasteiger partial charge >= 0.3 is 0 Å². The molecule has 0 radical (unpaired) electrons. The Morgan fingerprint density at radius 2 is 1.85 bits per heavy atom. The average Bonchev–Trinajstić information content (AvgIpc) is 3.24. The van der Waals surface area contributed by atoms with E-state index < -0.39 is 0 Å². The zero-order chi connectivity index (χ0) is 19.1. The van der Waals surface area contributed by atoms with E-state index in [9.17, 15) is 9.59 Å². The van der Waals surface area contributed by atoms with Crippen LogP contribution < -0.4 is 15.4 Å². The highest BCUT2D eigenvalue weighted by Gasteiger charge is 2.11. The summed E-state index contributed by atoms with van der Waals surface area (Å²) in [6.45, 7) is 0.569. The highest BCUT2D eigenvalue weighted by molar-refractivity contribution is 5.96. The minimum Gasteiger partial charge on any atom is -0.488 e. The third-order valence-electron chi connectivity index (χ3n) is 3.95. The van der Waals surface area contributed by atoms with E-state index in [1.54, 1.807) is 67.9 Å². The van der Waals surface area contributed by atoms with E-state index in [1.165, 1.54) is 0 Å². The highest BCUT2D eigenvalue weighted by Crippen LogP contribution is 2.19. The summed E-state index contributed by atoms with van der Waals surface area (Å²) in [5.74, 6) is 0.772. The van der Waals surface area contributed by atoms with Crippen molar-refractivity contribution in [3.05, 3.63) is 89.4 Å². The normalized spacial score (nSPS) is 10.3. The fourth-order valence-corrected chi connectivity index (χ4v) is 2.56. The van der Waals surface area contributed by atoms with Crippen molar-refractivity contribution >= 4 is 11.8 Å². The SMILES string of the molecule is CNC(=O)c1ccccc1OCc1cccc(C(=O)NCc2ccco2)c1. The van der Waals surface area contributed by atoms with Gasteiger partial charge in [0.05, 0.1) is 18.4 Å². The maximum atomic E-state index is 12.3. The van der Waals surface area contributed by atoms with Crippen molar-refractivity contribution in [2.45, 2.75) is 13.2 Å². The van der Waals surface area contributed by atoms with Gasteiger partial charge in [-0.25, -0.2) is 0 Å². The maximum absolute atomic E-state index is 12.3. The van der Waals surface area contributed by atoms with Gasteiger partial charge < -0.3 is 19.8 Å². The molecule has 0 unspecified atom stereocenters. The number of ether oxygens (including phenoxy) is 1. The van der Waals surface area contributed by atoms with Crippen LogP contribution in [0.1, 0.15) is 32.0 Å². The number of carbonyl (C=O) groups excluding carboxylic acids is 2. The van der Waals surface area contributed by atoms with Gasteiger partial charge in [0.2, 0.25) is 0 Å². The van der Waals surface area contributed by atoms with E-state index in [1.807, 2.05) is 6.07 Å². The quantitative estimate of drug-likeness (QED) is 0.675. The Morgan fingerprint density at radius 1 is 1.00 bits per heavy atom. The molecule has 1 heterocycles. The average molecular weight is 364 g/mol. The largest absolute Gasteiger partial charge is 0.488 e. The third kappa shape index (κ3) is 4.76. The zero-order valence-electron chi connectivity index (χ0n) is 14.9. The summed E-state index contributed by atoms with van der Waals surface area (Å²) in [5.41, 5.74) is 1.82. The molecule has 0 saturated heterocycles. The first-order valence-electron chi connectivity index (χ1n) is 8.51. The third-order valence-corrected chi connectivity index (χ3v) is 3.95. The Hall–Kier alpha value is -3.54. The second-order valence-electron chi connectivity index (χ2n) is 5.83. The van der Waals surface area contributed by atoms with Crippen molar-refractivity contribution < 1.29 is 18.7 Å². The van der Waals surface area contributed by atoms with Gasteiger partial charge in [-0.15, -0.1) is 0 Å². The van der Waals surface area contributed by atoms with Gasteiger partial charge in [-0.2, -0.15) is 0 Å². The van der Waals surface area contributed by atoms with Crippen molar-refractivity contribution in [3.63, 3.8) is 0 Å². The second-order valence-corrected chi connectivity index (χ2v) is 5.83. The molecular weight excluding hydrogens is 344 g/mol. The van der Waals surface area contributed by atoms with Crippen LogP contribution in [0.2, 0.25) is 0 Å². The molecule has 3 aromatic rings. The molecule has 3 rings (SSSR count). The number of hydrogen-bond donors (Lipinski definition) is 2. The molecular formula is C21H20N2O4. The Balaban J connectivity index is 1.64. The lowest BCUT2D eigenvalue weighted by Gasteiger charge is -2.11. The van der Waals surface area contributed by atoms with Crippen molar-refractivity contribution in [1.82, 2.24) is 10.6 Å². The van der Waals surface area contributed by atoms with Crippen LogP contribution in [0.4, 0.5) is 0 Å². The smallest absolute Gasteiger partial charge is 0.254 e. The van der Waals surface area contributed by atoms with Crippen LogP contribution in [-0.2, 0) is 13.2 Å². The summed E-state index contributed by atoms with van der Waals surface area (Å²) in [6, 6.07) is 17.8. The van der Waals surface area contributed by atoms with E-state index in [0.717, 1.165) is 5.56 Å². The first-order valence-corrected chi connectivity index (χ1v) is 8.51. The molecule has 0 aliphatic carbocycles. The molecule has 138 valence electrons. The van der Waals surface area contributed by atoms with E-state index in [2.05, 4.69) is 10.6 Å². The van der Waals surface area contributed by atoms with Crippen molar-refractivity contribution in [1.29, 1.82) is 0 Å². The van der Waals surface area contributed by atoms with Gasteiger partial charge in [0, 0.05) is 12.6 Å².